The Hall–Kier alpha value is -2.61. The molecule has 0 bridgehead atoms. The van der Waals surface area contributed by atoms with Gasteiger partial charge in [-0.25, -0.2) is 4.39 Å². The molecule has 0 aliphatic rings. The van der Waals surface area contributed by atoms with Crippen LogP contribution in [-0.2, 0) is 13.0 Å². The Bertz CT molecular complexity index is 993. The summed E-state index contributed by atoms with van der Waals surface area (Å²) in [5.74, 6) is 1.18. The molecule has 0 radical (unpaired) electrons. The SMILES string of the molecule is CCCCCCc1ccc(-c2ccc(C(CCCCC)CC(C)F)cc2)c(COc2ccccc2)c1. The third-order valence-corrected chi connectivity index (χ3v) is 7.08. The van der Waals surface area contributed by atoms with Crippen molar-refractivity contribution in [2.24, 2.45) is 0 Å². The molecule has 2 atom stereocenters. The first-order valence-corrected chi connectivity index (χ1v) is 14.1. The van der Waals surface area contributed by atoms with Crippen molar-refractivity contribution in [3.05, 3.63) is 89.5 Å². The number of ether oxygens (including phenoxy) is 1. The number of unbranched alkanes of at least 4 members (excludes halogenated alkanes) is 5. The van der Waals surface area contributed by atoms with Gasteiger partial charge in [0.25, 0.3) is 0 Å². The Labute approximate surface area is 219 Å². The van der Waals surface area contributed by atoms with E-state index in [1.807, 2.05) is 30.3 Å². The van der Waals surface area contributed by atoms with Crippen LogP contribution in [0.5, 0.6) is 5.75 Å². The van der Waals surface area contributed by atoms with Gasteiger partial charge in [0.1, 0.15) is 12.4 Å². The molecular weight excluding hydrogens is 443 g/mol. The second kappa shape index (κ2) is 15.5. The Morgan fingerprint density at radius 2 is 1.50 bits per heavy atom. The Morgan fingerprint density at radius 3 is 2.19 bits per heavy atom. The number of rotatable bonds is 16. The van der Waals surface area contributed by atoms with Crippen molar-refractivity contribution < 1.29 is 9.13 Å². The largest absolute Gasteiger partial charge is 0.489 e. The van der Waals surface area contributed by atoms with Gasteiger partial charge in [-0.15, -0.1) is 0 Å². The van der Waals surface area contributed by atoms with Gasteiger partial charge in [-0.2, -0.15) is 0 Å². The van der Waals surface area contributed by atoms with Gasteiger partial charge in [-0.3, -0.25) is 0 Å². The molecule has 1 nitrogen and oxygen atoms in total. The van der Waals surface area contributed by atoms with Crippen LogP contribution in [0.15, 0.2) is 72.8 Å². The summed E-state index contributed by atoms with van der Waals surface area (Å²) in [5.41, 5.74) is 6.27. The Balaban J connectivity index is 1.81. The van der Waals surface area contributed by atoms with Gasteiger partial charge in [0, 0.05) is 0 Å². The van der Waals surface area contributed by atoms with Crippen molar-refractivity contribution in [1.29, 1.82) is 0 Å². The molecule has 0 amide bonds. The van der Waals surface area contributed by atoms with E-state index in [-0.39, 0.29) is 5.92 Å². The first-order valence-electron chi connectivity index (χ1n) is 14.1. The summed E-state index contributed by atoms with van der Waals surface area (Å²) in [6.45, 7) is 6.70. The normalized spacial score (nSPS) is 12.9. The molecule has 3 rings (SSSR count). The van der Waals surface area contributed by atoms with Gasteiger partial charge in [0.05, 0.1) is 6.17 Å². The summed E-state index contributed by atoms with van der Waals surface area (Å²) in [7, 11) is 0. The van der Waals surface area contributed by atoms with Crippen molar-refractivity contribution in [3.63, 3.8) is 0 Å². The van der Waals surface area contributed by atoms with Crippen LogP contribution < -0.4 is 4.74 Å². The molecule has 0 heterocycles. The van der Waals surface area contributed by atoms with E-state index in [0.29, 0.717) is 13.0 Å². The molecule has 36 heavy (non-hydrogen) atoms. The van der Waals surface area contributed by atoms with Crippen LogP contribution in [0.2, 0.25) is 0 Å². The first-order chi connectivity index (χ1) is 17.6. The molecule has 194 valence electrons. The standard InChI is InChI=1S/C34H45FO/c1-4-6-8-11-14-28-18-23-34(32(25-28)26-36-33-16-12-9-13-17-33)30-21-19-29(20-22-30)31(24-27(3)35)15-10-7-5-2/h9,12-13,16-23,25,27,31H,4-8,10-11,14-15,24,26H2,1-3H3. The van der Waals surface area contributed by atoms with Crippen molar-refractivity contribution in [2.45, 2.75) is 104 Å². The minimum atomic E-state index is -0.775. The monoisotopic (exact) mass is 488 g/mol. The van der Waals surface area contributed by atoms with Crippen molar-refractivity contribution >= 4 is 0 Å². The maximum Gasteiger partial charge on any atom is 0.119 e. The second-order valence-electron chi connectivity index (χ2n) is 10.2. The third kappa shape index (κ3) is 9.12. The molecule has 2 unspecified atom stereocenters. The number of halogens is 1. The van der Waals surface area contributed by atoms with Crippen LogP contribution in [-0.4, -0.2) is 6.17 Å². The van der Waals surface area contributed by atoms with Crippen LogP contribution in [0.4, 0.5) is 4.39 Å². The summed E-state index contributed by atoms with van der Waals surface area (Å²) in [6.07, 6.45) is 10.6. The lowest BCUT2D eigenvalue weighted by atomic mass is 9.87. The van der Waals surface area contributed by atoms with Crippen LogP contribution >= 0.6 is 0 Å². The molecule has 0 N–H and O–H groups in total. The molecule has 3 aromatic carbocycles. The zero-order valence-electron chi connectivity index (χ0n) is 22.6. The van der Waals surface area contributed by atoms with Crippen molar-refractivity contribution in [2.75, 3.05) is 0 Å². The van der Waals surface area contributed by atoms with Crippen LogP contribution in [0, 0.1) is 0 Å². The fraction of sp³-hybridized carbons (Fsp3) is 0.471. The number of aryl methyl sites for hydroxylation is 1. The molecule has 3 aromatic rings. The highest BCUT2D eigenvalue weighted by atomic mass is 19.1. The van der Waals surface area contributed by atoms with Gasteiger partial charge in [0.15, 0.2) is 0 Å². The van der Waals surface area contributed by atoms with Crippen molar-refractivity contribution in [3.8, 4) is 16.9 Å². The molecule has 0 aliphatic carbocycles. The summed E-state index contributed by atoms with van der Waals surface area (Å²) >= 11 is 0. The smallest absolute Gasteiger partial charge is 0.119 e. The average Bonchev–Trinajstić information content (AvgIpc) is 2.90. The highest BCUT2D eigenvalue weighted by Crippen LogP contribution is 2.32. The van der Waals surface area contributed by atoms with Crippen LogP contribution in [0.1, 0.15) is 101 Å². The Kier molecular flexibility index (Phi) is 12.0. The molecule has 0 fully saturated rings. The fourth-order valence-corrected chi connectivity index (χ4v) is 5.03. The van der Waals surface area contributed by atoms with Gasteiger partial charge >= 0.3 is 0 Å². The third-order valence-electron chi connectivity index (χ3n) is 7.08. The lowest BCUT2D eigenvalue weighted by molar-refractivity contribution is 0.306. The minimum absolute atomic E-state index is 0.289. The maximum atomic E-state index is 13.9. The molecule has 0 aromatic heterocycles. The molecule has 0 aliphatic heterocycles. The maximum absolute atomic E-state index is 13.9. The van der Waals surface area contributed by atoms with E-state index in [0.717, 1.165) is 25.0 Å². The van der Waals surface area contributed by atoms with E-state index < -0.39 is 6.17 Å². The van der Waals surface area contributed by atoms with E-state index in [9.17, 15) is 4.39 Å². The van der Waals surface area contributed by atoms with E-state index in [2.05, 4.69) is 56.3 Å². The second-order valence-corrected chi connectivity index (χ2v) is 10.2. The summed E-state index contributed by atoms with van der Waals surface area (Å²) < 4.78 is 20.1. The van der Waals surface area contributed by atoms with Gasteiger partial charge in [0.2, 0.25) is 0 Å². The highest BCUT2D eigenvalue weighted by molar-refractivity contribution is 5.68. The Morgan fingerprint density at radius 1 is 0.778 bits per heavy atom. The zero-order valence-corrected chi connectivity index (χ0v) is 22.6. The minimum Gasteiger partial charge on any atom is -0.489 e. The summed E-state index contributed by atoms with van der Waals surface area (Å²) in [5, 5.41) is 0. The lowest BCUT2D eigenvalue weighted by Gasteiger charge is -2.19. The highest BCUT2D eigenvalue weighted by Gasteiger charge is 2.16. The molecule has 0 saturated carbocycles. The average molecular weight is 489 g/mol. The van der Waals surface area contributed by atoms with E-state index in [4.69, 9.17) is 4.74 Å². The zero-order chi connectivity index (χ0) is 25.6. The van der Waals surface area contributed by atoms with E-state index >= 15 is 0 Å². The quantitative estimate of drug-likeness (QED) is 0.182. The van der Waals surface area contributed by atoms with E-state index in [1.54, 1.807) is 6.92 Å². The number of hydrogen-bond acceptors (Lipinski definition) is 1. The molecule has 0 saturated heterocycles. The lowest BCUT2D eigenvalue weighted by Crippen LogP contribution is -2.06. The number of para-hydroxylation sites is 1. The first kappa shape index (κ1) is 28.0. The molecular formula is C34H45FO. The fourth-order valence-electron chi connectivity index (χ4n) is 5.03. The topological polar surface area (TPSA) is 9.23 Å². The van der Waals surface area contributed by atoms with Crippen molar-refractivity contribution in [1.82, 2.24) is 0 Å². The predicted octanol–water partition coefficient (Wildman–Crippen LogP) is 10.5. The van der Waals surface area contributed by atoms with Gasteiger partial charge < -0.3 is 4.74 Å². The molecule has 0 spiro atoms. The van der Waals surface area contributed by atoms with Crippen LogP contribution in [0.25, 0.3) is 11.1 Å². The number of alkyl halides is 1. The van der Waals surface area contributed by atoms with E-state index in [1.165, 1.54) is 66.3 Å². The summed E-state index contributed by atoms with van der Waals surface area (Å²) in [6, 6.07) is 25.8. The number of hydrogen-bond donors (Lipinski definition) is 0. The van der Waals surface area contributed by atoms with Crippen LogP contribution in [0.3, 0.4) is 0 Å². The number of benzene rings is 3. The van der Waals surface area contributed by atoms with Gasteiger partial charge in [-0.1, -0.05) is 113 Å². The van der Waals surface area contributed by atoms with Gasteiger partial charge in [-0.05, 0) is 78.5 Å². The predicted molar refractivity (Wildman–Crippen MR) is 153 cm³/mol. The molecule has 2 heteroatoms. The summed E-state index contributed by atoms with van der Waals surface area (Å²) in [4.78, 5) is 0.